The minimum absolute atomic E-state index is 0. The molecule has 0 aromatic carbocycles. The molecule has 1 N–H and O–H groups in total. The SMILES string of the molecule is COCCNC(=NCC(=O)N(C)C)N(C)Cc1ncc(Cl)n1C.I. The third kappa shape index (κ3) is 7.22. The van der Waals surface area contributed by atoms with E-state index in [0.29, 0.717) is 30.8 Å². The van der Waals surface area contributed by atoms with Crippen molar-refractivity contribution < 1.29 is 9.53 Å². The third-order valence-electron chi connectivity index (χ3n) is 3.22. The number of amides is 1. The van der Waals surface area contributed by atoms with Crippen LogP contribution in [0.25, 0.3) is 0 Å². The van der Waals surface area contributed by atoms with Crippen molar-refractivity contribution in [1.82, 2.24) is 24.7 Å². The van der Waals surface area contributed by atoms with Gasteiger partial charge in [-0.05, 0) is 0 Å². The van der Waals surface area contributed by atoms with Gasteiger partial charge in [-0.3, -0.25) is 4.79 Å². The number of nitrogens with one attached hydrogen (secondary N) is 1. The second-order valence-electron chi connectivity index (χ2n) is 5.26. The Balaban J connectivity index is 0.00000529. The molecule has 0 bridgehead atoms. The van der Waals surface area contributed by atoms with Crippen LogP contribution in [0.15, 0.2) is 11.2 Å². The molecule has 0 aliphatic carbocycles. The van der Waals surface area contributed by atoms with Gasteiger partial charge in [-0.15, -0.1) is 24.0 Å². The van der Waals surface area contributed by atoms with Crippen LogP contribution in [0.1, 0.15) is 5.82 Å². The molecule has 24 heavy (non-hydrogen) atoms. The number of hydrogen-bond acceptors (Lipinski definition) is 4. The first-order chi connectivity index (χ1) is 10.9. The molecule has 8 nitrogen and oxygen atoms in total. The highest BCUT2D eigenvalue weighted by Gasteiger charge is 2.12. The molecule has 0 aliphatic heterocycles. The van der Waals surface area contributed by atoms with Gasteiger partial charge in [0.2, 0.25) is 5.91 Å². The van der Waals surface area contributed by atoms with Crippen molar-refractivity contribution >= 4 is 47.4 Å². The number of carbonyl (C=O) groups excluding carboxylic acids is 1. The number of likely N-dealkylation sites (N-methyl/N-ethyl adjacent to an activating group) is 1. The summed E-state index contributed by atoms with van der Waals surface area (Å²) in [5, 5.41) is 3.74. The molecule has 138 valence electrons. The van der Waals surface area contributed by atoms with E-state index in [-0.39, 0.29) is 36.4 Å². The smallest absolute Gasteiger partial charge is 0.243 e. The number of aromatic nitrogens is 2. The average molecular weight is 473 g/mol. The van der Waals surface area contributed by atoms with Crippen LogP contribution in [-0.4, -0.2) is 79.2 Å². The second-order valence-corrected chi connectivity index (χ2v) is 5.65. The van der Waals surface area contributed by atoms with Gasteiger partial charge in [0.15, 0.2) is 5.96 Å². The normalized spacial score (nSPS) is 11.0. The van der Waals surface area contributed by atoms with Gasteiger partial charge in [0.25, 0.3) is 0 Å². The van der Waals surface area contributed by atoms with Crippen molar-refractivity contribution in [2.24, 2.45) is 12.0 Å². The lowest BCUT2D eigenvalue weighted by molar-refractivity contribution is -0.127. The first-order valence-corrected chi connectivity index (χ1v) is 7.59. The van der Waals surface area contributed by atoms with Crippen molar-refractivity contribution in [3.63, 3.8) is 0 Å². The number of rotatable bonds is 7. The van der Waals surface area contributed by atoms with Crippen LogP contribution >= 0.6 is 35.6 Å². The molecule has 0 saturated heterocycles. The molecule has 0 atom stereocenters. The highest BCUT2D eigenvalue weighted by atomic mass is 127. The van der Waals surface area contributed by atoms with Crippen LogP contribution < -0.4 is 5.32 Å². The molecule has 1 aromatic heterocycles. The average Bonchev–Trinajstić information content (AvgIpc) is 2.82. The number of hydrogen-bond donors (Lipinski definition) is 1. The van der Waals surface area contributed by atoms with E-state index < -0.39 is 0 Å². The van der Waals surface area contributed by atoms with Gasteiger partial charge < -0.3 is 24.4 Å². The molecule has 0 fully saturated rings. The summed E-state index contributed by atoms with van der Waals surface area (Å²) in [7, 11) is 8.77. The maximum atomic E-state index is 11.7. The summed E-state index contributed by atoms with van der Waals surface area (Å²) >= 11 is 6.00. The first kappa shape index (κ1) is 22.9. The minimum Gasteiger partial charge on any atom is -0.383 e. The summed E-state index contributed by atoms with van der Waals surface area (Å²) in [6, 6.07) is 0. The number of imidazole rings is 1. The van der Waals surface area contributed by atoms with Crippen LogP contribution in [0.4, 0.5) is 0 Å². The van der Waals surface area contributed by atoms with Gasteiger partial charge in [0, 0.05) is 41.8 Å². The van der Waals surface area contributed by atoms with Crippen LogP contribution in [0.2, 0.25) is 5.15 Å². The Kier molecular flexibility index (Phi) is 11.0. The van der Waals surface area contributed by atoms with Crippen molar-refractivity contribution in [2.75, 3.05) is 47.9 Å². The zero-order chi connectivity index (χ0) is 17.4. The van der Waals surface area contributed by atoms with Crippen molar-refractivity contribution in [3.8, 4) is 0 Å². The molecule has 0 unspecified atom stereocenters. The molecule has 1 heterocycles. The van der Waals surface area contributed by atoms with E-state index in [1.165, 1.54) is 4.90 Å². The quantitative estimate of drug-likeness (QED) is 0.275. The van der Waals surface area contributed by atoms with Gasteiger partial charge in [0.1, 0.15) is 17.5 Å². The molecule has 1 rings (SSSR count). The van der Waals surface area contributed by atoms with Crippen LogP contribution in [-0.2, 0) is 23.1 Å². The van der Waals surface area contributed by atoms with E-state index >= 15 is 0 Å². The van der Waals surface area contributed by atoms with E-state index in [1.54, 1.807) is 32.0 Å². The van der Waals surface area contributed by atoms with E-state index in [0.717, 1.165) is 5.82 Å². The fourth-order valence-corrected chi connectivity index (χ4v) is 1.86. The summed E-state index contributed by atoms with van der Waals surface area (Å²) in [6.07, 6.45) is 1.61. The van der Waals surface area contributed by atoms with Crippen molar-refractivity contribution in [2.45, 2.75) is 6.54 Å². The monoisotopic (exact) mass is 472 g/mol. The van der Waals surface area contributed by atoms with Gasteiger partial charge in [-0.25, -0.2) is 9.98 Å². The van der Waals surface area contributed by atoms with E-state index in [4.69, 9.17) is 16.3 Å². The zero-order valence-electron chi connectivity index (χ0n) is 14.7. The molecular formula is C14H26ClIN6O2. The van der Waals surface area contributed by atoms with E-state index in [1.807, 2.05) is 19.0 Å². The summed E-state index contributed by atoms with van der Waals surface area (Å²) in [5.41, 5.74) is 0. The van der Waals surface area contributed by atoms with Gasteiger partial charge in [-0.2, -0.15) is 0 Å². The lowest BCUT2D eigenvalue weighted by Crippen LogP contribution is -2.41. The highest BCUT2D eigenvalue weighted by molar-refractivity contribution is 14.0. The highest BCUT2D eigenvalue weighted by Crippen LogP contribution is 2.10. The van der Waals surface area contributed by atoms with E-state index in [9.17, 15) is 4.79 Å². The Morgan fingerprint density at radius 2 is 2.12 bits per heavy atom. The first-order valence-electron chi connectivity index (χ1n) is 7.21. The van der Waals surface area contributed by atoms with Crippen molar-refractivity contribution in [3.05, 3.63) is 17.2 Å². The molecule has 0 spiro atoms. The van der Waals surface area contributed by atoms with Gasteiger partial charge in [0.05, 0.1) is 19.3 Å². The molecule has 0 saturated carbocycles. The molecule has 1 aromatic rings. The predicted molar refractivity (Wildman–Crippen MR) is 106 cm³/mol. The summed E-state index contributed by atoms with van der Waals surface area (Å²) in [6.45, 7) is 1.73. The Hall–Kier alpha value is -1.07. The second kappa shape index (κ2) is 11.5. The number of methoxy groups -OCH3 is 1. The summed E-state index contributed by atoms with van der Waals surface area (Å²) in [4.78, 5) is 23.8. The van der Waals surface area contributed by atoms with Crippen molar-refractivity contribution in [1.29, 1.82) is 0 Å². The predicted octanol–water partition coefficient (Wildman–Crippen LogP) is 0.804. The maximum absolute atomic E-state index is 11.7. The number of aliphatic imine (C=N–C) groups is 1. The Bertz CT molecular complexity index is 549. The molecule has 0 aliphatic rings. The number of guanidine groups is 1. The van der Waals surface area contributed by atoms with Gasteiger partial charge in [-0.1, -0.05) is 11.6 Å². The minimum atomic E-state index is -0.0653. The molecule has 0 radical (unpaired) electrons. The Morgan fingerprint density at radius 1 is 1.46 bits per heavy atom. The van der Waals surface area contributed by atoms with Crippen LogP contribution in [0.3, 0.4) is 0 Å². The number of halogens is 2. The number of carbonyl (C=O) groups is 1. The maximum Gasteiger partial charge on any atom is 0.243 e. The Morgan fingerprint density at radius 3 is 2.62 bits per heavy atom. The molecular weight excluding hydrogens is 447 g/mol. The fourth-order valence-electron chi connectivity index (χ4n) is 1.72. The van der Waals surface area contributed by atoms with E-state index in [2.05, 4.69) is 15.3 Å². The summed E-state index contributed by atoms with van der Waals surface area (Å²) in [5.74, 6) is 1.35. The number of ether oxygens (including phenoxy) is 1. The standard InChI is InChI=1S/C14H25ClN6O2.HI/c1-19(2)13(22)9-18-14(16-6-7-23-5)20(3)10-12-17-8-11(15)21(12)4;/h8H,6-7,9-10H2,1-5H3,(H,16,18);1H. The van der Waals surface area contributed by atoms with Crippen LogP contribution in [0.5, 0.6) is 0 Å². The lowest BCUT2D eigenvalue weighted by atomic mass is 10.5. The van der Waals surface area contributed by atoms with Crippen LogP contribution in [0, 0.1) is 0 Å². The Labute approximate surface area is 165 Å². The zero-order valence-corrected chi connectivity index (χ0v) is 17.8. The fraction of sp³-hybridized carbons (Fsp3) is 0.643. The molecule has 10 heteroatoms. The lowest BCUT2D eigenvalue weighted by Gasteiger charge is -2.22. The van der Waals surface area contributed by atoms with Gasteiger partial charge >= 0.3 is 0 Å². The third-order valence-corrected chi connectivity index (χ3v) is 3.57. The topological polar surface area (TPSA) is 75.0 Å². The largest absolute Gasteiger partial charge is 0.383 e. The molecule has 1 amide bonds. The number of nitrogens with zero attached hydrogens (tertiary/aromatic N) is 5. The summed E-state index contributed by atoms with van der Waals surface area (Å²) < 4.78 is 6.83.